The average Bonchev–Trinajstić information content (AvgIpc) is 3.32. The van der Waals surface area contributed by atoms with E-state index in [9.17, 15) is 13.2 Å². The second-order valence-corrected chi connectivity index (χ2v) is 9.79. The van der Waals surface area contributed by atoms with Crippen LogP contribution in [0.5, 0.6) is 5.75 Å². The zero-order valence-corrected chi connectivity index (χ0v) is 19.0. The fraction of sp³-hybridized carbons (Fsp3) is 0.273. The molecule has 4 rings (SSSR count). The number of hydrogen-bond acceptors (Lipinski definition) is 8. The van der Waals surface area contributed by atoms with Crippen LogP contribution in [0.15, 0.2) is 58.8 Å². The van der Waals surface area contributed by atoms with E-state index in [1.165, 1.54) is 22.8 Å². The van der Waals surface area contributed by atoms with E-state index in [0.717, 1.165) is 16.3 Å². The van der Waals surface area contributed by atoms with Crippen molar-refractivity contribution in [3.63, 3.8) is 0 Å². The van der Waals surface area contributed by atoms with Crippen molar-refractivity contribution in [3.05, 3.63) is 65.2 Å². The van der Waals surface area contributed by atoms with Crippen molar-refractivity contribution in [1.82, 2.24) is 9.29 Å². The molecule has 1 fully saturated rings. The van der Waals surface area contributed by atoms with Crippen molar-refractivity contribution < 1.29 is 27.4 Å². The van der Waals surface area contributed by atoms with E-state index in [0.29, 0.717) is 37.6 Å². The van der Waals surface area contributed by atoms with E-state index in [1.54, 1.807) is 36.4 Å². The van der Waals surface area contributed by atoms with E-state index in [2.05, 4.69) is 4.98 Å². The second kappa shape index (κ2) is 9.78. The van der Waals surface area contributed by atoms with Crippen LogP contribution in [-0.4, -0.2) is 57.1 Å². The first-order valence-electron chi connectivity index (χ1n) is 9.91. The van der Waals surface area contributed by atoms with Crippen LogP contribution in [0.1, 0.15) is 16.1 Å². The molecule has 2 aromatic carbocycles. The van der Waals surface area contributed by atoms with Crippen molar-refractivity contribution in [3.8, 4) is 16.3 Å². The molecule has 0 radical (unpaired) electrons. The number of carbonyl (C=O) groups is 1. The fourth-order valence-corrected chi connectivity index (χ4v) is 5.39. The van der Waals surface area contributed by atoms with Gasteiger partial charge in [0.15, 0.2) is 0 Å². The molecule has 168 valence electrons. The second-order valence-electron chi connectivity index (χ2n) is 6.99. The van der Waals surface area contributed by atoms with Gasteiger partial charge in [0.1, 0.15) is 17.4 Å². The number of ether oxygens (including phenoxy) is 3. The fourth-order valence-electron chi connectivity index (χ4n) is 3.17. The van der Waals surface area contributed by atoms with Gasteiger partial charge in [0.25, 0.3) is 0 Å². The first-order valence-corrected chi connectivity index (χ1v) is 12.2. The van der Waals surface area contributed by atoms with E-state index >= 15 is 0 Å². The number of methoxy groups -OCH3 is 1. The Morgan fingerprint density at radius 2 is 1.78 bits per heavy atom. The maximum atomic E-state index is 12.7. The minimum Gasteiger partial charge on any atom is -0.487 e. The topological polar surface area (TPSA) is 95.0 Å². The number of nitrogens with zero attached hydrogens (tertiary/aromatic N) is 2. The number of morpholine rings is 1. The molecule has 2 heterocycles. The molecule has 1 aliphatic rings. The number of benzene rings is 2. The normalized spacial score (nSPS) is 14.8. The summed E-state index contributed by atoms with van der Waals surface area (Å²) in [5, 5.41) is 2.72. The number of hydrogen-bond donors (Lipinski definition) is 0. The molecule has 1 aliphatic heterocycles. The van der Waals surface area contributed by atoms with Gasteiger partial charge in [-0.2, -0.15) is 4.31 Å². The van der Waals surface area contributed by atoms with Crippen molar-refractivity contribution in [2.24, 2.45) is 0 Å². The summed E-state index contributed by atoms with van der Waals surface area (Å²) in [6.45, 7) is 1.79. The maximum absolute atomic E-state index is 12.7. The monoisotopic (exact) mass is 474 g/mol. The quantitative estimate of drug-likeness (QED) is 0.485. The van der Waals surface area contributed by atoms with Gasteiger partial charge in [-0.1, -0.05) is 12.1 Å². The zero-order valence-electron chi connectivity index (χ0n) is 17.4. The average molecular weight is 475 g/mol. The Balaban J connectivity index is 1.37. The summed E-state index contributed by atoms with van der Waals surface area (Å²) in [6, 6.07) is 13.4. The molecule has 0 amide bonds. The van der Waals surface area contributed by atoms with Crippen LogP contribution >= 0.6 is 11.3 Å². The van der Waals surface area contributed by atoms with Crippen LogP contribution in [0, 0.1) is 0 Å². The van der Waals surface area contributed by atoms with Gasteiger partial charge in [-0.15, -0.1) is 11.3 Å². The molecule has 3 aromatic rings. The zero-order chi connectivity index (χ0) is 22.6. The van der Waals surface area contributed by atoms with Crippen LogP contribution < -0.4 is 4.74 Å². The molecule has 0 bridgehead atoms. The number of aromatic nitrogens is 1. The highest BCUT2D eigenvalue weighted by Gasteiger charge is 2.26. The van der Waals surface area contributed by atoms with Crippen molar-refractivity contribution >= 4 is 27.3 Å². The van der Waals surface area contributed by atoms with Gasteiger partial charge in [-0.25, -0.2) is 18.2 Å². The Morgan fingerprint density at radius 1 is 1.09 bits per heavy atom. The first kappa shape index (κ1) is 22.4. The molecule has 0 spiro atoms. The summed E-state index contributed by atoms with van der Waals surface area (Å²) >= 11 is 1.48. The SMILES string of the molecule is COC(=O)c1ccc(-c2nc(COc3ccc(S(=O)(=O)N4CCOCC4)cc3)cs2)cc1. The third kappa shape index (κ3) is 4.99. The summed E-state index contributed by atoms with van der Waals surface area (Å²) in [5.74, 6) is 0.177. The molecule has 0 atom stereocenters. The summed E-state index contributed by atoms with van der Waals surface area (Å²) in [5.41, 5.74) is 2.13. The number of esters is 1. The highest BCUT2D eigenvalue weighted by atomic mass is 32.2. The summed E-state index contributed by atoms with van der Waals surface area (Å²) in [4.78, 5) is 16.4. The summed E-state index contributed by atoms with van der Waals surface area (Å²) in [6.07, 6.45) is 0. The van der Waals surface area contributed by atoms with Crippen LogP contribution in [0.25, 0.3) is 10.6 Å². The van der Waals surface area contributed by atoms with Crippen molar-refractivity contribution in [1.29, 1.82) is 0 Å². The Labute approximate surface area is 190 Å². The lowest BCUT2D eigenvalue weighted by Gasteiger charge is -2.26. The smallest absolute Gasteiger partial charge is 0.337 e. The molecular formula is C22H22N2O6S2. The number of rotatable bonds is 7. The van der Waals surface area contributed by atoms with Gasteiger partial charge in [-0.05, 0) is 36.4 Å². The predicted molar refractivity (Wildman–Crippen MR) is 119 cm³/mol. The maximum Gasteiger partial charge on any atom is 0.337 e. The molecule has 0 aliphatic carbocycles. The molecule has 10 heteroatoms. The predicted octanol–water partition coefficient (Wildman–Crippen LogP) is 3.20. The van der Waals surface area contributed by atoms with Gasteiger partial charge in [0.05, 0.1) is 36.5 Å². The Bertz CT molecular complexity index is 1170. The summed E-state index contributed by atoms with van der Waals surface area (Å²) < 4.78 is 42.5. The van der Waals surface area contributed by atoms with Crippen molar-refractivity contribution in [2.45, 2.75) is 11.5 Å². The molecule has 1 aromatic heterocycles. The van der Waals surface area contributed by atoms with E-state index in [-0.39, 0.29) is 17.5 Å². The number of carbonyl (C=O) groups excluding carboxylic acids is 1. The lowest BCUT2D eigenvalue weighted by molar-refractivity contribution is 0.0600. The molecule has 32 heavy (non-hydrogen) atoms. The summed E-state index contributed by atoms with van der Waals surface area (Å²) in [7, 11) is -2.18. The van der Waals surface area contributed by atoms with E-state index < -0.39 is 10.0 Å². The lowest BCUT2D eigenvalue weighted by atomic mass is 10.1. The minimum atomic E-state index is -3.53. The Morgan fingerprint density at radius 3 is 2.44 bits per heavy atom. The van der Waals surface area contributed by atoms with E-state index in [4.69, 9.17) is 14.2 Å². The Hall–Kier alpha value is -2.79. The van der Waals surface area contributed by atoms with Crippen LogP contribution in [-0.2, 0) is 26.1 Å². The van der Waals surface area contributed by atoms with Gasteiger partial charge >= 0.3 is 5.97 Å². The molecule has 0 N–H and O–H groups in total. The molecule has 0 unspecified atom stereocenters. The molecule has 0 saturated carbocycles. The van der Waals surface area contributed by atoms with Gasteiger partial charge in [0, 0.05) is 24.0 Å². The third-order valence-corrected chi connectivity index (χ3v) is 7.78. The largest absolute Gasteiger partial charge is 0.487 e. The number of thiazole rings is 1. The van der Waals surface area contributed by atoms with Crippen LogP contribution in [0.2, 0.25) is 0 Å². The molecule has 1 saturated heterocycles. The standard InChI is InChI=1S/C22H22N2O6S2/c1-28-22(25)17-4-2-16(3-5-17)21-23-18(15-31-21)14-30-19-6-8-20(9-7-19)32(26,27)24-10-12-29-13-11-24/h2-9,15H,10-14H2,1H3. The number of sulfonamides is 1. The highest BCUT2D eigenvalue weighted by molar-refractivity contribution is 7.89. The van der Waals surface area contributed by atoms with Gasteiger partial charge in [0.2, 0.25) is 10.0 Å². The molecular weight excluding hydrogens is 452 g/mol. The Kier molecular flexibility index (Phi) is 6.85. The lowest BCUT2D eigenvalue weighted by Crippen LogP contribution is -2.40. The van der Waals surface area contributed by atoms with Gasteiger partial charge < -0.3 is 14.2 Å². The van der Waals surface area contributed by atoms with Gasteiger partial charge in [-0.3, -0.25) is 0 Å². The highest BCUT2D eigenvalue weighted by Crippen LogP contribution is 2.26. The first-order chi connectivity index (χ1) is 15.5. The minimum absolute atomic E-state index is 0.234. The van der Waals surface area contributed by atoms with Crippen LogP contribution in [0.3, 0.4) is 0 Å². The third-order valence-electron chi connectivity index (χ3n) is 4.92. The van der Waals surface area contributed by atoms with Crippen LogP contribution in [0.4, 0.5) is 0 Å². The van der Waals surface area contributed by atoms with E-state index in [1.807, 2.05) is 17.5 Å². The molecule has 8 nitrogen and oxygen atoms in total. The van der Waals surface area contributed by atoms with Crippen molar-refractivity contribution in [2.75, 3.05) is 33.4 Å².